The van der Waals surface area contributed by atoms with Gasteiger partial charge in [-0.05, 0) is 11.1 Å². The molecule has 0 unspecified atom stereocenters. The summed E-state index contributed by atoms with van der Waals surface area (Å²) in [6, 6.07) is 16.2. The number of fused-ring (bicyclic) bond motifs is 3. The molecule has 25 heavy (non-hydrogen) atoms. The van der Waals surface area contributed by atoms with Gasteiger partial charge in [0.05, 0.1) is 18.7 Å². The number of aliphatic imine (C=N–C) groups is 1. The number of hydrogen-bond acceptors (Lipinski definition) is 5. The quantitative estimate of drug-likeness (QED) is 0.609. The Kier molecular flexibility index (Phi) is 6.39. The van der Waals surface area contributed by atoms with E-state index in [9.17, 15) is 9.59 Å². The summed E-state index contributed by atoms with van der Waals surface area (Å²) in [5, 5.41) is 16.4. The number of carboxylic acid groups (broad SMARTS) is 2. The van der Waals surface area contributed by atoms with Gasteiger partial charge in [-0.1, -0.05) is 48.5 Å². The average Bonchev–Trinajstić information content (AvgIpc) is 2.90. The molecule has 0 aliphatic heterocycles. The number of carbonyl (C=O) groups is 2. The lowest BCUT2D eigenvalue weighted by atomic mass is 10.1. The van der Waals surface area contributed by atoms with Crippen molar-refractivity contribution in [3.63, 3.8) is 0 Å². The number of aliphatic carboxylic acids is 2. The fourth-order valence-corrected chi connectivity index (χ4v) is 2.50. The second-order valence-electron chi connectivity index (χ2n) is 5.17. The van der Waals surface area contributed by atoms with E-state index in [0.717, 1.165) is 16.8 Å². The lowest BCUT2D eigenvalue weighted by Gasteiger charge is -2.01. The van der Waals surface area contributed by atoms with Crippen LogP contribution in [0.4, 0.5) is 0 Å². The zero-order chi connectivity index (χ0) is 18.2. The second-order valence-corrected chi connectivity index (χ2v) is 5.17. The summed E-state index contributed by atoms with van der Waals surface area (Å²) < 4.78 is 0. The van der Waals surface area contributed by atoms with E-state index in [4.69, 9.17) is 10.2 Å². The van der Waals surface area contributed by atoms with Gasteiger partial charge in [-0.3, -0.25) is 14.6 Å². The SMILES string of the molecule is NOCC(=O)O.O=C(O)CCN=C1c2ccccc2-c2ccccc21. The van der Waals surface area contributed by atoms with Crippen molar-refractivity contribution in [1.82, 2.24) is 0 Å². The summed E-state index contributed by atoms with van der Waals surface area (Å²) in [7, 11) is 0. The molecule has 0 heterocycles. The first-order valence-electron chi connectivity index (χ1n) is 7.53. The number of benzene rings is 2. The standard InChI is InChI=1S/C16H13NO2.C2H5NO3/c18-15(19)9-10-17-16-13-7-3-1-5-11(13)12-6-2-4-8-14(12)16;3-6-1-2(4)5/h1-8H,9-10H2,(H,18,19);1,3H2,(H,4,5). The van der Waals surface area contributed by atoms with E-state index in [2.05, 4.69) is 27.9 Å². The summed E-state index contributed by atoms with van der Waals surface area (Å²) in [5.41, 5.74) is 5.44. The number of nitrogens with two attached hydrogens (primary N) is 1. The van der Waals surface area contributed by atoms with Gasteiger partial charge in [0.2, 0.25) is 0 Å². The first-order valence-corrected chi connectivity index (χ1v) is 7.53. The molecule has 0 fully saturated rings. The molecule has 130 valence electrons. The monoisotopic (exact) mass is 342 g/mol. The predicted molar refractivity (Wildman–Crippen MR) is 92.4 cm³/mol. The number of hydrogen-bond donors (Lipinski definition) is 3. The van der Waals surface area contributed by atoms with Gasteiger partial charge in [-0.15, -0.1) is 0 Å². The predicted octanol–water partition coefficient (Wildman–Crippen LogP) is 1.94. The maximum Gasteiger partial charge on any atom is 0.331 e. The molecule has 0 radical (unpaired) electrons. The molecule has 0 saturated carbocycles. The third kappa shape index (κ3) is 4.72. The number of rotatable bonds is 5. The van der Waals surface area contributed by atoms with Gasteiger partial charge in [0, 0.05) is 11.1 Å². The van der Waals surface area contributed by atoms with Crippen molar-refractivity contribution in [2.45, 2.75) is 6.42 Å². The Morgan fingerprint density at radius 3 is 1.72 bits per heavy atom. The highest BCUT2D eigenvalue weighted by Crippen LogP contribution is 2.36. The molecule has 2 aromatic carbocycles. The molecular formula is C18H18N2O5. The Morgan fingerprint density at radius 1 is 0.880 bits per heavy atom. The van der Waals surface area contributed by atoms with Crippen LogP contribution < -0.4 is 5.90 Å². The maximum absolute atomic E-state index is 10.6. The minimum atomic E-state index is -1.06. The highest BCUT2D eigenvalue weighted by molar-refractivity contribution is 6.24. The van der Waals surface area contributed by atoms with Gasteiger partial charge in [-0.25, -0.2) is 10.7 Å². The minimum Gasteiger partial charge on any atom is -0.481 e. The first kappa shape index (κ1) is 18.3. The molecule has 1 aliphatic carbocycles. The highest BCUT2D eigenvalue weighted by Gasteiger charge is 2.23. The van der Waals surface area contributed by atoms with E-state index in [-0.39, 0.29) is 6.42 Å². The van der Waals surface area contributed by atoms with Crippen molar-refractivity contribution in [2.75, 3.05) is 13.2 Å². The molecule has 1 aliphatic rings. The largest absolute Gasteiger partial charge is 0.481 e. The first-order chi connectivity index (χ1) is 12.0. The Labute approximate surface area is 144 Å². The van der Waals surface area contributed by atoms with Gasteiger partial charge in [-0.2, -0.15) is 0 Å². The molecule has 0 aromatic heterocycles. The molecule has 0 bridgehead atoms. The lowest BCUT2D eigenvalue weighted by Crippen LogP contribution is -2.10. The van der Waals surface area contributed by atoms with Crippen molar-refractivity contribution in [2.24, 2.45) is 10.9 Å². The topological polar surface area (TPSA) is 122 Å². The van der Waals surface area contributed by atoms with Crippen LogP contribution >= 0.6 is 0 Å². The van der Waals surface area contributed by atoms with Gasteiger partial charge in [0.25, 0.3) is 0 Å². The summed E-state index contributed by atoms with van der Waals surface area (Å²) in [6.45, 7) is -0.118. The van der Waals surface area contributed by atoms with E-state index in [0.29, 0.717) is 6.54 Å². The molecule has 7 nitrogen and oxygen atoms in total. The number of carboxylic acids is 2. The van der Waals surface area contributed by atoms with Gasteiger partial charge < -0.3 is 10.2 Å². The lowest BCUT2D eigenvalue weighted by molar-refractivity contribution is -0.142. The number of nitrogens with zero attached hydrogens (tertiary/aromatic N) is 1. The van der Waals surface area contributed by atoms with Crippen molar-refractivity contribution in [3.05, 3.63) is 59.7 Å². The Balaban J connectivity index is 0.000000326. The zero-order valence-electron chi connectivity index (χ0n) is 13.4. The zero-order valence-corrected chi connectivity index (χ0v) is 13.4. The molecule has 0 amide bonds. The third-order valence-corrected chi connectivity index (χ3v) is 3.46. The molecule has 4 N–H and O–H groups in total. The average molecular weight is 342 g/mol. The molecule has 3 rings (SSSR count). The van der Waals surface area contributed by atoms with Crippen molar-refractivity contribution < 1.29 is 24.6 Å². The molecule has 0 saturated heterocycles. The molecule has 0 atom stereocenters. The molecule has 0 spiro atoms. The fraction of sp³-hybridized carbons (Fsp3) is 0.167. The summed E-state index contributed by atoms with van der Waals surface area (Å²) in [4.78, 5) is 28.2. The van der Waals surface area contributed by atoms with Gasteiger partial charge in [0.15, 0.2) is 6.61 Å². The minimum absolute atomic E-state index is 0.0633. The van der Waals surface area contributed by atoms with E-state index >= 15 is 0 Å². The molecule has 2 aromatic rings. The van der Waals surface area contributed by atoms with Crippen molar-refractivity contribution in [1.29, 1.82) is 0 Å². The molecular weight excluding hydrogens is 324 g/mol. The second kappa shape index (κ2) is 8.72. The van der Waals surface area contributed by atoms with Crippen LogP contribution in [0.15, 0.2) is 53.5 Å². The van der Waals surface area contributed by atoms with E-state index in [1.54, 1.807) is 0 Å². The van der Waals surface area contributed by atoms with Crippen molar-refractivity contribution in [3.8, 4) is 11.1 Å². The van der Waals surface area contributed by atoms with Crippen LogP contribution in [-0.2, 0) is 14.4 Å². The Hall–Kier alpha value is -3.03. The highest BCUT2D eigenvalue weighted by atomic mass is 16.6. The van der Waals surface area contributed by atoms with Crippen LogP contribution in [0, 0.1) is 0 Å². The van der Waals surface area contributed by atoms with E-state index < -0.39 is 18.5 Å². The summed E-state index contributed by atoms with van der Waals surface area (Å²) in [6.07, 6.45) is 0.0633. The van der Waals surface area contributed by atoms with Crippen LogP contribution in [0.1, 0.15) is 17.5 Å². The normalized spacial score (nSPS) is 11.0. The third-order valence-electron chi connectivity index (χ3n) is 3.46. The smallest absolute Gasteiger partial charge is 0.331 e. The van der Waals surface area contributed by atoms with E-state index in [1.165, 1.54) is 11.1 Å². The Morgan fingerprint density at radius 2 is 1.36 bits per heavy atom. The van der Waals surface area contributed by atoms with Gasteiger partial charge >= 0.3 is 11.9 Å². The maximum atomic E-state index is 10.6. The molecule has 7 heteroatoms. The van der Waals surface area contributed by atoms with Crippen LogP contribution in [-0.4, -0.2) is 41.0 Å². The van der Waals surface area contributed by atoms with Gasteiger partial charge in [0.1, 0.15) is 0 Å². The van der Waals surface area contributed by atoms with Crippen LogP contribution in [0.2, 0.25) is 0 Å². The summed E-state index contributed by atoms with van der Waals surface area (Å²) in [5.74, 6) is 2.47. The Bertz CT molecular complexity index is 754. The fourth-order valence-electron chi connectivity index (χ4n) is 2.50. The van der Waals surface area contributed by atoms with Crippen molar-refractivity contribution >= 4 is 17.7 Å². The van der Waals surface area contributed by atoms with E-state index in [1.807, 2.05) is 36.4 Å². The van der Waals surface area contributed by atoms with Crippen LogP contribution in [0.5, 0.6) is 0 Å². The summed E-state index contributed by atoms with van der Waals surface area (Å²) >= 11 is 0. The van der Waals surface area contributed by atoms with Crippen LogP contribution in [0.25, 0.3) is 11.1 Å². The van der Waals surface area contributed by atoms with Crippen LogP contribution in [0.3, 0.4) is 0 Å².